The van der Waals surface area contributed by atoms with Crippen LogP contribution in [0.1, 0.15) is 24.8 Å². The number of β-amino-alcohol motifs (C(OH)–C–C–N with tert-alkyl or cyclic N) is 1. The molecule has 2 aliphatic heterocycles. The van der Waals surface area contributed by atoms with Crippen LogP contribution in [0.2, 0.25) is 5.02 Å². The van der Waals surface area contributed by atoms with Crippen LogP contribution in [-0.2, 0) is 6.54 Å². The van der Waals surface area contributed by atoms with E-state index in [1.54, 1.807) is 12.1 Å². The lowest BCUT2D eigenvalue weighted by atomic mass is 10.1. The predicted octanol–water partition coefficient (Wildman–Crippen LogP) is 3.67. The number of amides is 4. The molecule has 1 atom stereocenters. The molecule has 32 heavy (non-hydrogen) atoms. The first-order chi connectivity index (χ1) is 15.5. The Balaban J connectivity index is 1.51. The summed E-state index contributed by atoms with van der Waals surface area (Å²) in [6.07, 6.45) is 2.96. The predicted molar refractivity (Wildman–Crippen MR) is 125 cm³/mol. The third-order valence-electron chi connectivity index (χ3n) is 5.78. The molecule has 8 nitrogen and oxygen atoms in total. The highest BCUT2D eigenvalue weighted by atomic mass is 35.5. The van der Waals surface area contributed by atoms with Gasteiger partial charge in [-0.3, -0.25) is 10.2 Å². The van der Waals surface area contributed by atoms with Crippen molar-refractivity contribution in [2.24, 2.45) is 0 Å². The molecule has 3 N–H and O–H groups in total. The molecule has 2 aromatic rings. The Morgan fingerprint density at radius 2 is 1.69 bits per heavy atom. The van der Waals surface area contributed by atoms with Crippen LogP contribution in [0.5, 0.6) is 0 Å². The average Bonchev–Trinajstić information content (AvgIpc) is 2.81. The van der Waals surface area contributed by atoms with Gasteiger partial charge in [0.15, 0.2) is 6.29 Å². The van der Waals surface area contributed by atoms with Crippen LogP contribution in [0.3, 0.4) is 0 Å². The van der Waals surface area contributed by atoms with E-state index in [1.165, 1.54) is 29.8 Å². The number of carbonyl (C=O) groups excluding carboxylic acids is 2. The molecule has 170 valence electrons. The van der Waals surface area contributed by atoms with E-state index < -0.39 is 18.4 Å². The molecular weight excluding hydrogens is 430 g/mol. The van der Waals surface area contributed by atoms with Crippen molar-refractivity contribution < 1.29 is 14.7 Å². The Labute approximate surface area is 192 Å². The second-order valence-corrected chi connectivity index (χ2v) is 8.44. The van der Waals surface area contributed by atoms with Crippen LogP contribution in [0.25, 0.3) is 0 Å². The number of aliphatic hydroxyl groups excluding tert-OH is 1. The average molecular weight is 458 g/mol. The molecule has 2 aromatic carbocycles. The zero-order valence-corrected chi connectivity index (χ0v) is 18.6. The number of nitrogens with zero attached hydrogens (tertiary/aromatic N) is 3. The topological polar surface area (TPSA) is 88.2 Å². The lowest BCUT2D eigenvalue weighted by molar-refractivity contribution is 0.0992. The minimum Gasteiger partial charge on any atom is -0.395 e. The molecule has 0 aromatic heterocycles. The van der Waals surface area contributed by atoms with Crippen LogP contribution in [-0.4, -0.2) is 59.5 Å². The number of hydrogen-bond donors (Lipinski definition) is 3. The minimum absolute atomic E-state index is 0.0704. The van der Waals surface area contributed by atoms with Crippen molar-refractivity contribution in [3.05, 3.63) is 59.1 Å². The summed E-state index contributed by atoms with van der Waals surface area (Å²) < 4.78 is 0. The highest BCUT2D eigenvalue weighted by molar-refractivity contribution is 6.30. The SMILES string of the molecule is O=C1NC(Nc2ccc(N3CCCCC3)cc2)N(Cc2ccc(Cl)cc2)C(=O)N1CCO. The van der Waals surface area contributed by atoms with Crippen molar-refractivity contribution in [3.8, 4) is 0 Å². The highest BCUT2D eigenvalue weighted by Gasteiger charge is 2.38. The number of carbonyl (C=O) groups is 2. The Hall–Kier alpha value is -2.97. The fourth-order valence-electron chi connectivity index (χ4n) is 4.06. The first kappa shape index (κ1) is 22.2. The lowest BCUT2D eigenvalue weighted by Crippen LogP contribution is -2.67. The van der Waals surface area contributed by atoms with Crippen LogP contribution in [0, 0.1) is 0 Å². The number of benzene rings is 2. The van der Waals surface area contributed by atoms with Crippen LogP contribution in [0.4, 0.5) is 21.0 Å². The van der Waals surface area contributed by atoms with Gasteiger partial charge in [0.2, 0.25) is 0 Å². The third kappa shape index (κ3) is 5.08. The maximum absolute atomic E-state index is 13.1. The van der Waals surface area contributed by atoms with Crippen molar-refractivity contribution >= 4 is 35.0 Å². The monoisotopic (exact) mass is 457 g/mol. The molecule has 0 saturated carbocycles. The van der Waals surface area contributed by atoms with Gasteiger partial charge in [0, 0.05) is 29.5 Å². The smallest absolute Gasteiger partial charge is 0.331 e. The number of hydrogen-bond acceptors (Lipinski definition) is 5. The highest BCUT2D eigenvalue weighted by Crippen LogP contribution is 2.24. The number of aliphatic hydroxyl groups is 1. The fourth-order valence-corrected chi connectivity index (χ4v) is 4.19. The number of nitrogens with one attached hydrogen (secondary N) is 2. The Morgan fingerprint density at radius 1 is 1.00 bits per heavy atom. The third-order valence-corrected chi connectivity index (χ3v) is 6.03. The maximum Gasteiger partial charge on any atom is 0.331 e. The first-order valence-corrected chi connectivity index (χ1v) is 11.3. The van der Waals surface area contributed by atoms with Crippen molar-refractivity contribution in [2.45, 2.75) is 32.1 Å². The molecule has 1 unspecified atom stereocenters. The molecule has 0 spiro atoms. The van der Waals surface area contributed by atoms with Crippen LogP contribution >= 0.6 is 11.6 Å². The van der Waals surface area contributed by atoms with E-state index in [0.29, 0.717) is 5.02 Å². The molecule has 4 rings (SSSR count). The number of imide groups is 1. The summed E-state index contributed by atoms with van der Waals surface area (Å²) in [5.74, 6) is 0. The van der Waals surface area contributed by atoms with E-state index in [1.807, 2.05) is 24.3 Å². The van der Waals surface area contributed by atoms with E-state index in [-0.39, 0.29) is 19.7 Å². The van der Waals surface area contributed by atoms with Gasteiger partial charge in [0.05, 0.1) is 19.7 Å². The summed E-state index contributed by atoms with van der Waals surface area (Å²) in [5, 5.41) is 16.0. The Bertz CT molecular complexity index is 932. The lowest BCUT2D eigenvalue weighted by Gasteiger charge is -2.41. The molecule has 0 bridgehead atoms. The number of urea groups is 2. The molecule has 0 radical (unpaired) electrons. The van der Waals surface area contributed by atoms with E-state index in [4.69, 9.17) is 11.6 Å². The van der Waals surface area contributed by atoms with E-state index in [0.717, 1.165) is 29.2 Å². The molecule has 2 heterocycles. The summed E-state index contributed by atoms with van der Waals surface area (Å²) in [6, 6.07) is 14.2. The van der Waals surface area contributed by atoms with Gasteiger partial charge >= 0.3 is 12.1 Å². The minimum atomic E-state index is -0.735. The second-order valence-electron chi connectivity index (χ2n) is 8.00. The van der Waals surface area contributed by atoms with Gasteiger partial charge in [0.1, 0.15) is 0 Å². The quantitative estimate of drug-likeness (QED) is 0.590. The summed E-state index contributed by atoms with van der Waals surface area (Å²) >= 11 is 5.98. The summed E-state index contributed by atoms with van der Waals surface area (Å²) in [4.78, 5) is 30.5. The second kappa shape index (κ2) is 10.1. The molecular formula is C23H28ClN5O3. The summed E-state index contributed by atoms with van der Waals surface area (Å²) in [5.41, 5.74) is 2.84. The van der Waals surface area contributed by atoms with Gasteiger partial charge in [-0.15, -0.1) is 0 Å². The number of halogens is 1. The van der Waals surface area contributed by atoms with Gasteiger partial charge in [-0.25, -0.2) is 14.5 Å². The summed E-state index contributed by atoms with van der Waals surface area (Å²) in [6.45, 7) is 2.02. The van der Waals surface area contributed by atoms with Crippen LogP contribution in [0.15, 0.2) is 48.5 Å². The van der Waals surface area contributed by atoms with Gasteiger partial charge in [-0.2, -0.15) is 0 Å². The van der Waals surface area contributed by atoms with Crippen molar-refractivity contribution in [2.75, 3.05) is 36.5 Å². The van der Waals surface area contributed by atoms with Crippen LogP contribution < -0.4 is 15.5 Å². The largest absolute Gasteiger partial charge is 0.395 e. The zero-order valence-electron chi connectivity index (χ0n) is 17.8. The van der Waals surface area contributed by atoms with Gasteiger partial charge < -0.3 is 15.3 Å². The zero-order chi connectivity index (χ0) is 22.5. The van der Waals surface area contributed by atoms with Crippen molar-refractivity contribution in [1.82, 2.24) is 15.1 Å². The van der Waals surface area contributed by atoms with E-state index >= 15 is 0 Å². The van der Waals surface area contributed by atoms with Crippen molar-refractivity contribution in [1.29, 1.82) is 0 Å². The van der Waals surface area contributed by atoms with Crippen molar-refractivity contribution in [3.63, 3.8) is 0 Å². The van der Waals surface area contributed by atoms with Gasteiger partial charge in [-0.05, 0) is 61.2 Å². The summed E-state index contributed by atoms with van der Waals surface area (Å²) in [7, 11) is 0. The Morgan fingerprint density at radius 3 is 2.34 bits per heavy atom. The number of anilines is 2. The fraction of sp³-hybridized carbons (Fsp3) is 0.391. The normalized spacial score (nSPS) is 19.2. The standard InChI is InChI=1S/C23H28ClN5O3/c24-18-6-4-17(5-7-18)16-29-21(26-22(31)28(14-15-30)23(29)32)25-19-8-10-20(11-9-19)27-12-2-1-3-13-27/h4-11,21,25,30H,1-3,12-16H2,(H,26,31). The van der Waals surface area contributed by atoms with E-state index in [9.17, 15) is 14.7 Å². The first-order valence-electron chi connectivity index (χ1n) is 10.9. The molecule has 4 amide bonds. The van der Waals surface area contributed by atoms with Gasteiger partial charge in [-0.1, -0.05) is 23.7 Å². The molecule has 0 aliphatic carbocycles. The maximum atomic E-state index is 13.1. The van der Waals surface area contributed by atoms with E-state index in [2.05, 4.69) is 27.7 Å². The molecule has 2 aliphatic rings. The number of piperidine rings is 1. The Kier molecular flexibility index (Phi) is 7.02. The molecule has 2 saturated heterocycles. The molecule has 2 fully saturated rings. The molecule has 9 heteroatoms. The van der Waals surface area contributed by atoms with Gasteiger partial charge in [0.25, 0.3) is 0 Å². The number of rotatable bonds is 7.